The number of ether oxygens (including phenoxy) is 1. The first-order chi connectivity index (χ1) is 16.4. The van der Waals surface area contributed by atoms with Crippen LogP contribution in [0, 0.1) is 13.8 Å². The molecule has 34 heavy (non-hydrogen) atoms. The number of hydrogen-bond donors (Lipinski definition) is 1. The van der Waals surface area contributed by atoms with E-state index in [1.807, 2.05) is 44.0 Å². The van der Waals surface area contributed by atoms with Gasteiger partial charge in [0.1, 0.15) is 18.1 Å². The highest BCUT2D eigenvalue weighted by molar-refractivity contribution is 6.51. The number of amides is 1. The number of hydrogen-bond acceptors (Lipinski definition) is 6. The standard InChI is InChI=1S/C27H25N3O4/c1-16-5-4-6-20(17(16)2)30-24(18-9-11-28-12-10-18)23(26(32)27(30)33)25(31)19-7-8-22-21(15-19)29(3)13-14-34-22/h4-12,15,24,31H,13-14H2,1-3H3/b25-23-. The van der Waals surface area contributed by atoms with Gasteiger partial charge in [-0.25, -0.2) is 0 Å². The Bertz CT molecular complexity index is 1330. The molecule has 0 radical (unpaired) electrons. The summed E-state index contributed by atoms with van der Waals surface area (Å²) in [6.07, 6.45) is 3.23. The molecule has 7 nitrogen and oxygen atoms in total. The Kier molecular flexibility index (Phi) is 5.32. The number of fused-ring (bicyclic) bond motifs is 1. The molecule has 0 aliphatic carbocycles. The van der Waals surface area contributed by atoms with Crippen LogP contribution in [0.1, 0.15) is 28.3 Å². The van der Waals surface area contributed by atoms with Gasteiger partial charge in [-0.1, -0.05) is 12.1 Å². The van der Waals surface area contributed by atoms with Gasteiger partial charge in [0.05, 0.1) is 23.8 Å². The zero-order chi connectivity index (χ0) is 24.0. The average Bonchev–Trinajstić information content (AvgIpc) is 3.11. The van der Waals surface area contributed by atoms with Crippen LogP contribution in [-0.2, 0) is 9.59 Å². The van der Waals surface area contributed by atoms with Crippen LogP contribution in [-0.4, -0.2) is 42.0 Å². The van der Waals surface area contributed by atoms with E-state index in [0.29, 0.717) is 35.7 Å². The lowest BCUT2D eigenvalue weighted by atomic mass is 9.95. The number of nitrogens with zero attached hydrogens (tertiary/aromatic N) is 3. The Balaban J connectivity index is 1.72. The summed E-state index contributed by atoms with van der Waals surface area (Å²) >= 11 is 0. The second kappa shape index (κ2) is 8.33. The van der Waals surface area contributed by atoms with Gasteiger partial charge in [-0.15, -0.1) is 0 Å². The van der Waals surface area contributed by atoms with Crippen LogP contribution < -0.4 is 14.5 Å². The number of benzene rings is 2. The van der Waals surface area contributed by atoms with Crippen molar-refractivity contribution in [3.05, 3.63) is 88.8 Å². The molecule has 1 atom stereocenters. The van der Waals surface area contributed by atoms with Crippen molar-refractivity contribution in [3.8, 4) is 5.75 Å². The van der Waals surface area contributed by atoms with Crippen molar-refractivity contribution < 1.29 is 19.4 Å². The SMILES string of the molecule is Cc1cccc(N2C(=O)C(=O)/C(=C(\O)c3ccc4c(c3)N(C)CCO4)C2c2ccncc2)c1C. The lowest BCUT2D eigenvalue weighted by Crippen LogP contribution is -2.30. The van der Waals surface area contributed by atoms with Crippen molar-refractivity contribution in [2.75, 3.05) is 30.0 Å². The van der Waals surface area contributed by atoms with Gasteiger partial charge in [0.15, 0.2) is 0 Å². The van der Waals surface area contributed by atoms with Crippen molar-refractivity contribution in [3.63, 3.8) is 0 Å². The minimum atomic E-state index is -0.784. The zero-order valence-corrected chi connectivity index (χ0v) is 19.3. The normalized spacial score (nSPS) is 19.2. The predicted molar refractivity (Wildman–Crippen MR) is 130 cm³/mol. The Labute approximate surface area is 197 Å². The van der Waals surface area contributed by atoms with E-state index in [2.05, 4.69) is 4.98 Å². The van der Waals surface area contributed by atoms with Gasteiger partial charge >= 0.3 is 0 Å². The lowest BCUT2D eigenvalue weighted by molar-refractivity contribution is -0.132. The van der Waals surface area contributed by atoms with E-state index in [1.54, 1.807) is 42.7 Å². The summed E-state index contributed by atoms with van der Waals surface area (Å²) in [6, 6.07) is 13.7. The van der Waals surface area contributed by atoms with Crippen LogP contribution in [0.25, 0.3) is 5.76 Å². The fourth-order valence-electron chi connectivity index (χ4n) is 4.59. The molecule has 0 spiro atoms. The molecular weight excluding hydrogens is 430 g/mol. The number of aryl methyl sites for hydroxylation is 1. The number of ketones is 1. The van der Waals surface area contributed by atoms with Crippen molar-refractivity contribution in [1.82, 2.24) is 4.98 Å². The Morgan fingerprint density at radius 2 is 1.82 bits per heavy atom. The van der Waals surface area contributed by atoms with Crippen LogP contribution in [0.4, 0.5) is 11.4 Å². The van der Waals surface area contributed by atoms with Crippen molar-refractivity contribution >= 4 is 28.8 Å². The number of anilines is 2. The number of aromatic nitrogens is 1. The van der Waals surface area contributed by atoms with Crippen LogP contribution >= 0.6 is 0 Å². The summed E-state index contributed by atoms with van der Waals surface area (Å²) in [4.78, 5) is 34.3. The Morgan fingerprint density at radius 3 is 2.59 bits per heavy atom. The second-order valence-electron chi connectivity index (χ2n) is 8.62. The van der Waals surface area contributed by atoms with Crippen LogP contribution in [0.3, 0.4) is 0 Å². The molecule has 2 aromatic carbocycles. The van der Waals surface area contributed by atoms with Gasteiger partial charge in [0, 0.05) is 30.7 Å². The molecule has 1 N–H and O–H groups in total. The zero-order valence-electron chi connectivity index (χ0n) is 19.3. The number of carbonyl (C=O) groups is 2. The van der Waals surface area contributed by atoms with E-state index in [4.69, 9.17) is 4.74 Å². The number of rotatable bonds is 3. The van der Waals surface area contributed by atoms with Gasteiger partial charge in [0.25, 0.3) is 11.7 Å². The van der Waals surface area contributed by atoms with E-state index in [0.717, 1.165) is 16.8 Å². The quantitative estimate of drug-likeness (QED) is 0.363. The molecule has 0 bridgehead atoms. The van der Waals surface area contributed by atoms with E-state index < -0.39 is 17.7 Å². The molecule has 3 aromatic rings. The minimum Gasteiger partial charge on any atom is -0.507 e. The highest BCUT2D eigenvalue weighted by Crippen LogP contribution is 2.44. The third kappa shape index (κ3) is 3.41. The van der Waals surface area contributed by atoms with Gasteiger partial charge in [-0.3, -0.25) is 19.5 Å². The number of likely N-dealkylation sites (N-methyl/N-ethyl adjacent to an activating group) is 1. The largest absolute Gasteiger partial charge is 0.507 e. The molecule has 5 rings (SSSR count). The first-order valence-electron chi connectivity index (χ1n) is 11.1. The summed E-state index contributed by atoms with van der Waals surface area (Å²) in [7, 11) is 1.95. The fraction of sp³-hybridized carbons (Fsp3) is 0.222. The molecule has 2 aliphatic rings. The van der Waals surface area contributed by atoms with E-state index in [9.17, 15) is 14.7 Å². The van der Waals surface area contributed by atoms with Crippen molar-refractivity contribution in [1.29, 1.82) is 0 Å². The highest BCUT2D eigenvalue weighted by Gasteiger charge is 2.47. The smallest absolute Gasteiger partial charge is 0.300 e. The van der Waals surface area contributed by atoms with Crippen LogP contribution in [0.2, 0.25) is 0 Å². The summed E-state index contributed by atoms with van der Waals surface area (Å²) in [5.74, 6) is -0.889. The average molecular weight is 456 g/mol. The molecule has 1 amide bonds. The third-order valence-electron chi connectivity index (χ3n) is 6.63. The molecular formula is C27H25N3O4. The first-order valence-corrected chi connectivity index (χ1v) is 11.1. The topological polar surface area (TPSA) is 83.0 Å². The molecule has 1 unspecified atom stereocenters. The molecule has 0 saturated carbocycles. The molecule has 1 aromatic heterocycles. The number of pyridine rings is 1. The van der Waals surface area contributed by atoms with Crippen molar-refractivity contribution in [2.45, 2.75) is 19.9 Å². The summed E-state index contributed by atoms with van der Waals surface area (Å²) in [5, 5.41) is 11.4. The molecule has 3 heterocycles. The van der Waals surface area contributed by atoms with Gasteiger partial charge in [-0.2, -0.15) is 0 Å². The Hall–Kier alpha value is -4.13. The summed E-state index contributed by atoms with van der Waals surface area (Å²) < 4.78 is 5.71. The van der Waals surface area contributed by atoms with Gasteiger partial charge < -0.3 is 14.7 Å². The van der Waals surface area contributed by atoms with Crippen LogP contribution in [0.5, 0.6) is 5.75 Å². The van der Waals surface area contributed by atoms with E-state index >= 15 is 0 Å². The second-order valence-corrected chi connectivity index (χ2v) is 8.62. The van der Waals surface area contributed by atoms with Crippen molar-refractivity contribution in [2.24, 2.45) is 0 Å². The maximum Gasteiger partial charge on any atom is 0.300 e. The molecule has 7 heteroatoms. The predicted octanol–water partition coefficient (Wildman–Crippen LogP) is 4.15. The van der Waals surface area contributed by atoms with Gasteiger partial charge in [-0.05, 0) is 66.9 Å². The lowest BCUT2D eigenvalue weighted by Gasteiger charge is -2.28. The minimum absolute atomic E-state index is 0.0523. The number of carbonyl (C=O) groups excluding carboxylic acids is 2. The first kappa shape index (κ1) is 21.7. The number of Topliss-reactive ketones (excluding diaryl/α,β-unsaturated/α-hetero) is 1. The van der Waals surface area contributed by atoms with E-state index in [-0.39, 0.29) is 11.3 Å². The molecule has 172 valence electrons. The number of aliphatic hydroxyl groups excluding tert-OH is 1. The maximum absolute atomic E-state index is 13.4. The summed E-state index contributed by atoms with van der Waals surface area (Å²) in [6.45, 7) is 5.18. The maximum atomic E-state index is 13.4. The monoisotopic (exact) mass is 455 g/mol. The van der Waals surface area contributed by atoms with Gasteiger partial charge in [0.2, 0.25) is 0 Å². The van der Waals surface area contributed by atoms with Crippen LogP contribution in [0.15, 0.2) is 66.5 Å². The molecule has 1 fully saturated rings. The third-order valence-corrected chi connectivity index (χ3v) is 6.63. The highest BCUT2D eigenvalue weighted by atomic mass is 16.5. The number of aliphatic hydroxyl groups is 1. The van der Waals surface area contributed by atoms with E-state index in [1.165, 1.54) is 4.90 Å². The summed E-state index contributed by atoms with van der Waals surface area (Å²) in [5.41, 5.74) is 4.56. The molecule has 1 saturated heterocycles. The molecule has 2 aliphatic heterocycles. The Morgan fingerprint density at radius 1 is 1.06 bits per heavy atom. The fourth-order valence-corrected chi connectivity index (χ4v) is 4.59.